The van der Waals surface area contributed by atoms with Gasteiger partial charge in [0.2, 0.25) is 0 Å². The Labute approximate surface area is 80.9 Å². The Morgan fingerprint density at radius 2 is 2.31 bits per heavy atom. The van der Waals surface area contributed by atoms with Crippen LogP contribution in [0, 0.1) is 0 Å². The summed E-state index contributed by atoms with van der Waals surface area (Å²) in [6, 6.07) is 0. The fourth-order valence-electron chi connectivity index (χ4n) is 1.53. The highest BCUT2D eigenvalue weighted by Gasteiger charge is 2.46. The van der Waals surface area contributed by atoms with E-state index in [9.17, 15) is 10.00 Å². The summed E-state index contributed by atoms with van der Waals surface area (Å²) in [6.45, 7) is -1.52. The molecule has 0 aromatic rings. The van der Waals surface area contributed by atoms with Gasteiger partial charge in [-0.1, -0.05) is 11.8 Å². The SMILES string of the molecule is C[C@@H]1O[C@@H]2COP([O-])(=S)O[C@H]2[C@H]1O. The van der Waals surface area contributed by atoms with E-state index in [-0.39, 0.29) is 18.8 Å². The van der Waals surface area contributed by atoms with E-state index in [4.69, 9.17) is 13.8 Å². The molecule has 1 unspecified atom stereocenters. The van der Waals surface area contributed by atoms with Crippen molar-refractivity contribution in [2.45, 2.75) is 31.3 Å². The third-order valence-corrected chi connectivity index (χ3v) is 3.76. The molecule has 0 spiro atoms. The summed E-state index contributed by atoms with van der Waals surface area (Å²) >= 11 is 4.56. The largest absolute Gasteiger partial charge is 0.780 e. The highest BCUT2D eigenvalue weighted by Crippen LogP contribution is 2.48. The predicted molar refractivity (Wildman–Crippen MR) is 45.5 cm³/mol. The summed E-state index contributed by atoms with van der Waals surface area (Å²) in [7, 11) is 0. The van der Waals surface area contributed by atoms with Crippen LogP contribution in [0.25, 0.3) is 0 Å². The fourth-order valence-corrected chi connectivity index (χ4v) is 2.96. The van der Waals surface area contributed by atoms with Crippen LogP contribution in [0.1, 0.15) is 6.92 Å². The Hall–Kier alpha value is 0.450. The molecule has 0 saturated carbocycles. The van der Waals surface area contributed by atoms with Crippen LogP contribution in [-0.2, 0) is 25.6 Å². The van der Waals surface area contributed by atoms with E-state index in [0.717, 1.165) is 0 Å². The minimum Gasteiger partial charge on any atom is -0.780 e. The van der Waals surface area contributed by atoms with Crippen LogP contribution in [0.4, 0.5) is 0 Å². The zero-order valence-corrected chi connectivity index (χ0v) is 8.66. The molecule has 0 bridgehead atoms. The monoisotopic (exact) mass is 225 g/mol. The van der Waals surface area contributed by atoms with Gasteiger partial charge in [-0.05, 0) is 6.92 Å². The molecule has 76 valence electrons. The van der Waals surface area contributed by atoms with Crippen LogP contribution in [-0.4, -0.2) is 36.1 Å². The standard InChI is InChI=1S/C6H11O5PS/c1-3-5(7)6-4(10-3)2-9-12(8,13)11-6/h3-7H,2H2,1H3,(H,8,13)/p-1/t3-,4+,5-,6+,12?/m0/s1. The number of ether oxygens (including phenoxy) is 1. The topological polar surface area (TPSA) is 71.0 Å². The van der Waals surface area contributed by atoms with Crippen LogP contribution in [0.2, 0.25) is 0 Å². The molecule has 13 heavy (non-hydrogen) atoms. The minimum absolute atomic E-state index is 0.132. The maximum atomic E-state index is 11.2. The number of aliphatic hydroxyl groups is 1. The van der Waals surface area contributed by atoms with E-state index in [1.165, 1.54) is 0 Å². The summed E-state index contributed by atoms with van der Waals surface area (Å²) in [5.74, 6) is 0. The Morgan fingerprint density at radius 1 is 1.62 bits per heavy atom. The number of hydrogen-bond donors (Lipinski definition) is 1. The number of hydrogen-bond acceptors (Lipinski definition) is 6. The van der Waals surface area contributed by atoms with Crippen molar-refractivity contribution in [3.63, 3.8) is 0 Å². The van der Waals surface area contributed by atoms with Crippen molar-refractivity contribution < 1.29 is 23.8 Å². The van der Waals surface area contributed by atoms with Gasteiger partial charge in [-0.2, -0.15) is 0 Å². The van der Waals surface area contributed by atoms with Gasteiger partial charge in [0.1, 0.15) is 25.0 Å². The van der Waals surface area contributed by atoms with E-state index in [1.54, 1.807) is 6.92 Å². The zero-order chi connectivity index (χ0) is 9.64. The Bertz CT molecular complexity index is 259. The molecule has 2 fully saturated rings. The fraction of sp³-hybridized carbons (Fsp3) is 1.00. The molecule has 0 amide bonds. The van der Waals surface area contributed by atoms with Gasteiger partial charge in [0.15, 0.2) is 0 Å². The van der Waals surface area contributed by atoms with Gasteiger partial charge in [-0.3, -0.25) is 0 Å². The van der Waals surface area contributed by atoms with Crippen molar-refractivity contribution in [3.05, 3.63) is 0 Å². The third kappa shape index (κ3) is 1.80. The Balaban J connectivity index is 2.14. The number of rotatable bonds is 0. The lowest BCUT2D eigenvalue weighted by molar-refractivity contribution is -0.226. The molecule has 2 aliphatic heterocycles. The van der Waals surface area contributed by atoms with E-state index in [1.807, 2.05) is 0 Å². The zero-order valence-electron chi connectivity index (χ0n) is 6.95. The van der Waals surface area contributed by atoms with E-state index >= 15 is 0 Å². The van der Waals surface area contributed by atoms with Crippen molar-refractivity contribution in [3.8, 4) is 0 Å². The van der Waals surface area contributed by atoms with Crippen molar-refractivity contribution >= 4 is 18.5 Å². The molecular weight excluding hydrogens is 215 g/mol. The molecule has 7 heteroatoms. The molecule has 2 saturated heterocycles. The maximum Gasteiger partial charge on any atom is 0.121 e. The van der Waals surface area contributed by atoms with Crippen LogP contribution < -0.4 is 4.89 Å². The summed E-state index contributed by atoms with van der Waals surface area (Å²) < 4.78 is 15.0. The molecule has 0 aromatic carbocycles. The van der Waals surface area contributed by atoms with Crippen LogP contribution in [0.3, 0.4) is 0 Å². The lowest BCUT2D eigenvalue weighted by Crippen LogP contribution is -2.41. The van der Waals surface area contributed by atoms with Crippen molar-refractivity contribution in [2.24, 2.45) is 0 Å². The second kappa shape index (κ2) is 3.24. The molecule has 2 rings (SSSR count). The average Bonchev–Trinajstić information content (AvgIpc) is 2.29. The lowest BCUT2D eigenvalue weighted by Gasteiger charge is -2.38. The molecule has 2 aliphatic rings. The molecule has 2 heterocycles. The van der Waals surface area contributed by atoms with E-state index < -0.39 is 18.9 Å². The second-order valence-corrected chi connectivity index (χ2v) is 5.89. The summed E-state index contributed by atoms with van der Waals surface area (Å²) in [5, 5.41) is 9.55. The van der Waals surface area contributed by atoms with Gasteiger partial charge < -0.3 is 23.8 Å². The molecule has 0 radical (unpaired) electrons. The van der Waals surface area contributed by atoms with Crippen molar-refractivity contribution in [2.75, 3.05) is 6.61 Å². The van der Waals surface area contributed by atoms with Gasteiger partial charge in [0.25, 0.3) is 0 Å². The average molecular weight is 225 g/mol. The molecule has 1 N–H and O–H groups in total. The molecule has 5 atom stereocenters. The van der Waals surface area contributed by atoms with Crippen LogP contribution in [0.15, 0.2) is 0 Å². The van der Waals surface area contributed by atoms with E-state index in [0.29, 0.717) is 0 Å². The minimum atomic E-state index is -3.38. The number of fused-ring (bicyclic) bond motifs is 1. The van der Waals surface area contributed by atoms with Gasteiger partial charge >= 0.3 is 0 Å². The molecule has 0 aromatic heterocycles. The Kier molecular flexibility index (Phi) is 2.49. The molecular formula is C6H10O5PS-. The first kappa shape index (κ1) is 9.98. The normalized spacial score (nSPS) is 56.2. The predicted octanol–water partition coefficient (Wildman–Crippen LogP) is -0.865. The third-order valence-electron chi connectivity index (χ3n) is 2.22. The first-order valence-corrected chi connectivity index (χ1v) is 6.53. The highest BCUT2D eigenvalue weighted by atomic mass is 32.5. The Morgan fingerprint density at radius 3 is 3.00 bits per heavy atom. The first-order chi connectivity index (χ1) is 5.99. The summed E-state index contributed by atoms with van der Waals surface area (Å²) in [4.78, 5) is 11.2. The van der Waals surface area contributed by atoms with Crippen LogP contribution >= 0.6 is 6.72 Å². The quantitative estimate of drug-likeness (QED) is 0.541. The molecule has 0 aliphatic carbocycles. The van der Waals surface area contributed by atoms with Crippen molar-refractivity contribution in [1.82, 2.24) is 0 Å². The highest BCUT2D eigenvalue weighted by molar-refractivity contribution is 8.06. The van der Waals surface area contributed by atoms with Gasteiger partial charge in [-0.15, -0.1) is 0 Å². The maximum absolute atomic E-state index is 11.2. The summed E-state index contributed by atoms with van der Waals surface area (Å²) in [5.41, 5.74) is 0. The van der Waals surface area contributed by atoms with E-state index in [2.05, 4.69) is 11.8 Å². The lowest BCUT2D eigenvalue weighted by atomic mass is 10.1. The second-order valence-electron chi connectivity index (χ2n) is 3.18. The number of aliphatic hydroxyl groups excluding tert-OH is 1. The van der Waals surface area contributed by atoms with Gasteiger partial charge in [0.05, 0.1) is 12.7 Å². The van der Waals surface area contributed by atoms with Crippen molar-refractivity contribution in [1.29, 1.82) is 0 Å². The van der Waals surface area contributed by atoms with Crippen LogP contribution in [0.5, 0.6) is 0 Å². The molecule has 5 nitrogen and oxygen atoms in total. The summed E-state index contributed by atoms with van der Waals surface area (Å²) in [6.07, 6.45) is -2.06. The smallest absolute Gasteiger partial charge is 0.121 e. The van der Waals surface area contributed by atoms with Gasteiger partial charge in [0, 0.05) is 0 Å². The van der Waals surface area contributed by atoms with Gasteiger partial charge in [-0.25, -0.2) is 0 Å². The first-order valence-electron chi connectivity index (χ1n) is 3.97.